The quantitative estimate of drug-likeness (QED) is 0.729. The summed E-state index contributed by atoms with van der Waals surface area (Å²) in [6.45, 7) is 3.80. The van der Waals surface area contributed by atoms with E-state index < -0.39 is 27.7 Å². The molecule has 0 radical (unpaired) electrons. The summed E-state index contributed by atoms with van der Waals surface area (Å²) in [4.78, 5) is 0. The second kappa shape index (κ2) is 5.54. The third-order valence-corrected chi connectivity index (χ3v) is 4.70. The lowest BCUT2D eigenvalue weighted by molar-refractivity contribution is 0.121. The molecule has 0 saturated carbocycles. The van der Waals surface area contributed by atoms with E-state index in [1.807, 2.05) is 0 Å². The Kier molecular flexibility index (Phi) is 5.63. The Labute approximate surface area is 98.0 Å². The van der Waals surface area contributed by atoms with Gasteiger partial charge in [0.25, 0.3) is 6.43 Å². The molecule has 0 aromatic rings. The first-order valence-corrected chi connectivity index (χ1v) is 7.03. The van der Waals surface area contributed by atoms with Gasteiger partial charge in [0.2, 0.25) is 10.0 Å². The summed E-state index contributed by atoms with van der Waals surface area (Å²) < 4.78 is 47.9. The number of halogens is 3. The van der Waals surface area contributed by atoms with Crippen LogP contribution in [0.3, 0.4) is 0 Å². The van der Waals surface area contributed by atoms with Gasteiger partial charge in [-0.25, -0.2) is 17.2 Å². The second-order valence-electron chi connectivity index (χ2n) is 4.06. The van der Waals surface area contributed by atoms with Crippen LogP contribution in [0, 0.1) is 0 Å². The van der Waals surface area contributed by atoms with Crippen LogP contribution in [0.1, 0.15) is 20.8 Å². The van der Waals surface area contributed by atoms with Crippen LogP contribution >= 0.6 is 15.9 Å². The predicted octanol–water partition coefficient (Wildman–Crippen LogP) is 2.08. The van der Waals surface area contributed by atoms with Crippen molar-refractivity contribution in [1.29, 1.82) is 0 Å². The molecule has 0 rings (SSSR count). The third-order valence-electron chi connectivity index (χ3n) is 1.79. The van der Waals surface area contributed by atoms with Gasteiger partial charge in [-0.2, -0.15) is 4.31 Å². The molecule has 0 atom stereocenters. The first kappa shape index (κ1) is 15.2. The van der Waals surface area contributed by atoms with E-state index in [1.54, 1.807) is 0 Å². The number of sulfonamides is 1. The maximum Gasteiger partial charge on any atom is 0.252 e. The molecule has 0 bridgehead atoms. The monoisotopic (exact) mass is 307 g/mol. The molecule has 0 spiro atoms. The summed E-state index contributed by atoms with van der Waals surface area (Å²) in [6.07, 6.45) is -2.65. The zero-order valence-corrected chi connectivity index (χ0v) is 11.4. The van der Waals surface area contributed by atoms with Crippen LogP contribution in [0.2, 0.25) is 0 Å². The third kappa shape index (κ3) is 4.32. The van der Waals surface area contributed by atoms with Gasteiger partial charge in [0.15, 0.2) is 0 Å². The topological polar surface area (TPSA) is 37.4 Å². The van der Waals surface area contributed by atoms with Crippen LogP contribution in [0.4, 0.5) is 8.78 Å². The van der Waals surface area contributed by atoms with Gasteiger partial charge in [-0.05, 0) is 20.8 Å². The van der Waals surface area contributed by atoms with Gasteiger partial charge in [0.1, 0.15) is 0 Å². The molecule has 0 heterocycles. The SMILES string of the molecule is CC(C)(C)S(=O)(=O)N(CCBr)CC(F)F. The highest BCUT2D eigenvalue weighted by Crippen LogP contribution is 2.21. The van der Waals surface area contributed by atoms with E-state index in [1.165, 1.54) is 20.8 Å². The molecule has 0 aliphatic heterocycles. The van der Waals surface area contributed by atoms with Crippen molar-refractivity contribution in [3.05, 3.63) is 0 Å². The number of alkyl halides is 3. The van der Waals surface area contributed by atoms with E-state index in [2.05, 4.69) is 15.9 Å². The van der Waals surface area contributed by atoms with Crippen LogP contribution < -0.4 is 0 Å². The maximum absolute atomic E-state index is 12.2. The van der Waals surface area contributed by atoms with Crippen LogP contribution in [0.5, 0.6) is 0 Å². The highest BCUT2D eigenvalue weighted by atomic mass is 79.9. The van der Waals surface area contributed by atoms with Crippen LogP contribution in [-0.2, 0) is 10.0 Å². The fourth-order valence-electron chi connectivity index (χ4n) is 0.945. The number of rotatable bonds is 5. The molecular formula is C8H16BrF2NO2S. The van der Waals surface area contributed by atoms with Gasteiger partial charge in [-0.15, -0.1) is 0 Å². The lowest BCUT2D eigenvalue weighted by Gasteiger charge is -2.29. The van der Waals surface area contributed by atoms with Crippen molar-refractivity contribution in [2.45, 2.75) is 31.9 Å². The van der Waals surface area contributed by atoms with Gasteiger partial charge in [0, 0.05) is 11.9 Å². The van der Waals surface area contributed by atoms with Gasteiger partial charge in [0.05, 0.1) is 11.3 Å². The maximum atomic E-state index is 12.2. The van der Waals surface area contributed by atoms with E-state index in [9.17, 15) is 17.2 Å². The molecule has 0 aliphatic carbocycles. The molecule has 15 heavy (non-hydrogen) atoms. The minimum absolute atomic E-state index is 0.0595. The van der Waals surface area contributed by atoms with E-state index in [0.29, 0.717) is 5.33 Å². The summed E-state index contributed by atoms with van der Waals surface area (Å²) in [7, 11) is -3.67. The van der Waals surface area contributed by atoms with Crippen molar-refractivity contribution in [1.82, 2.24) is 4.31 Å². The molecule has 0 fully saturated rings. The molecule has 0 N–H and O–H groups in total. The van der Waals surface area contributed by atoms with Crippen molar-refractivity contribution in [2.24, 2.45) is 0 Å². The molecule has 0 aromatic heterocycles. The fourth-order valence-corrected chi connectivity index (χ4v) is 3.02. The first-order valence-electron chi connectivity index (χ1n) is 4.46. The zero-order valence-electron chi connectivity index (χ0n) is 9.00. The Hall–Kier alpha value is 0.250. The van der Waals surface area contributed by atoms with Gasteiger partial charge >= 0.3 is 0 Å². The average Bonchev–Trinajstić information content (AvgIpc) is 2.00. The normalized spacial score (nSPS) is 13.9. The summed E-state index contributed by atoms with van der Waals surface area (Å²) in [5.41, 5.74) is 0. The number of nitrogens with zero attached hydrogens (tertiary/aromatic N) is 1. The molecule has 3 nitrogen and oxygen atoms in total. The Bertz CT molecular complexity index is 288. The Morgan fingerprint density at radius 1 is 1.33 bits per heavy atom. The zero-order chi connectivity index (χ0) is 12.3. The lowest BCUT2D eigenvalue weighted by Crippen LogP contribution is -2.45. The summed E-state index contributed by atoms with van der Waals surface area (Å²) in [5, 5.41) is 0.342. The van der Waals surface area contributed by atoms with Crippen LogP contribution in [0.15, 0.2) is 0 Å². The van der Waals surface area contributed by atoms with Gasteiger partial charge in [-0.3, -0.25) is 0 Å². The van der Waals surface area contributed by atoms with Crippen molar-refractivity contribution in [2.75, 3.05) is 18.4 Å². The summed E-state index contributed by atoms with van der Waals surface area (Å²) in [6, 6.07) is 0. The Balaban J connectivity index is 4.92. The van der Waals surface area contributed by atoms with Crippen molar-refractivity contribution >= 4 is 26.0 Å². The van der Waals surface area contributed by atoms with E-state index in [-0.39, 0.29) is 6.54 Å². The highest BCUT2D eigenvalue weighted by molar-refractivity contribution is 9.09. The average molecular weight is 308 g/mol. The standard InChI is InChI=1S/C8H16BrF2NO2S/c1-8(2,3)15(13,14)12(5-4-9)6-7(10)11/h7H,4-6H2,1-3H3. The Morgan fingerprint density at radius 2 is 1.80 bits per heavy atom. The lowest BCUT2D eigenvalue weighted by atomic mass is 10.3. The minimum Gasteiger partial charge on any atom is -0.212 e. The molecule has 0 aliphatic rings. The Morgan fingerprint density at radius 3 is 2.07 bits per heavy atom. The van der Waals surface area contributed by atoms with Gasteiger partial charge in [-0.1, -0.05) is 15.9 Å². The van der Waals surface area contributed by atoms with Crippen molar-refractivity contribution in [3.63, 3.8) is 0 Å². The molecule has 0 unspecified atom stereocenters. The summed E-state index contributed by atoms with van der Waals surface area (Å²) >= 11 is 3.05. The molecule has 92 valence electrons. The fraction of sp³-hybridized carbons (Fsp3) is 1.00. The largest absolute Gasteiger partial charge is 0.252 e. The van der Waals surface area contributed by atoms with Crippen molar-refractivity contribution < 1.29 is 17.2 Å². The van der Waals surface area contributed by atoms with Crippen LogP contribution in [-0.4, -0.2) is 42.3 Å². The van der Waals surface area contributed by atoms with E-state index >= 15 is 0 Å². The van der Waals surface area contributed by atoms with Crippen LogP contribution in [0.25, 0.3) is 0 Å². The van der Waals surface area contributed by atoms with E-state index in [0.717, 1.165) is 4.31 Å². The second-order valence-corrected chi connectivity index (χ2v) is 7.54. The van der Waals surface area contributed by atoms with Gasteiger partial charge < -0.3 is 0 Å². The molecule has 0 aromatic carbocycles. The highest BCUT2D eigenvalue weighted by Gasteiger charge is 2.36. The molecule has 7 heteroatoms. The van der Waals surface area contributed by atoms with E-state index in [4.69, 9.17) is 0 Å². The summed E-state index contributed by atoms with van der Waals surface area (Å²) in [5.74, 6) is 0. The first-order chi connectivity index (χ1) is 6.63. The molecule has 0 saturated heterocycles. The predicted molar refractivity (Wildman–Crippen MR) is 60.0 cm³/mol. The number of hydrogen-bond acceptors (Lipinski definition) is 2. The number of hydrogen-bond donors (Lipinski definition) is 0. The minimum atomic E-state index is -3.67. The molecular weight excluding hydrogens is 292 g/mol. The van der Waals surface area contributed by atoms with Crippen molar-refractivity contribution in [3.8, 4) is 0 Å². The molecule has 0 amide bonds. The smallest absolute Gasteiger partial charge is 0.212 e.